The fourth-order valence-electron chi connectivity index (χ4n) is 7.15. The zero-order valence-electron chi connectivity index (χ0n) is 42.2. The predicted octanol–water partition coefficient (Wildman–Crippen LogP) is 16.3. The molecule has 0 saturated carbocycles. The van der Waals surface area contributed by atoms with Crippen molar-refractivity contribution in [2.24, 2.45) is 5.73 Å². The molecule has 0 radical (unpaired) electrons. The van der Waals surface area contributed by atoms with Gasteiger partial charge in [-0.05, 0) is 70.6 Å². The van der Waals surface area contributed by atoms with E-state index in [2.05, 4.69) is 98.9 Å². The zero-order chi connectivity index (χ0) is 48.1. The van der Waals surface area contributed by atoms with Gasteiger partial charge in [0.2, 0.25) is 0 Å². The molecule has 0 rings (SSSR count). The molecule has 0 aliphatic carbocycles. The highest BCUT2D eigenvalue weighted by Gasteiger charge is 2.26. The molecule has 0 bridgehead atoms. The molecule has 3 N–H and O–H groups in total. The van der Waals surface area contributed by atoms with Gasteiger partial charge < -0.3 is 20.1 Å². The molecule has 0 amide bonds. The average molecular weight is 944 g/mol. The van der Waals surface area contributed by atoms with Gasteiger partial charge in [0.25, 0.3) is 0 Å². The maximum atomic E-state index is 12.6. The molecule has 0 saturated heterocycles. The lowest BCUT2D eigenvalue weighted by Crippen LogP contribution is -2.29. The lowest BCUT2D eigenvalue weighted by molar-refractivity contribution is -0.161. The van der Waals surface area contributed by atoms with Crippen molar-refractivity contribution in [1.82, 2.24) is 0 Å². The lowest BCUT2D eigenvalue weighted by Gasteiger charge is -2.19. The number of carbonyl (C=O) groups excluding carboxylic acids is 2. The molecule has 0 fully saturated rings. The minimum atomic E-state index is -4.38. The van der Waals surface area contributed by atoms with Gasteiger partial charge in [0.1, 0.15) is 6.61 Å². The molecule has 66 heavy (non-hydrogen) atoms. The minimum Gasteiger partial charge on any atom is -0.462 e. The van der Waals surface area contributed by atoms with Crippen molar-refractivity contribution in [3.8, 4) is 0 Å². The highest BCUT2D eigenvalue weighted by molar-refractivity contribution is 7.47. The van der Waals surface area contributed by atoms with Gasteiger partial charge in [-0.1, -0.05) is 227 Å². The first kappa shape index (κ1) is 63.2. The number of ether oxygens (including phenoxy) is 2. The van der Waals surface area contributed by atoms with Gasteiger partial charge in [-0.15, -0.1) is 0 Å². The van der Waals surface area contributed by atoms with Crippen molar-refractivity contribution in [2.75, 3.05) is 26.4 Å². The Kier molecular flexibility index (Phi) is 49.4. The third-order valence-corrected chi connectivity index (χ3v) is 12.0. The summed E-state index contributed by atoms with van der Waals surface area (Å²) in [7, 11) is -4.38. The first-order valence-corrected chi connectivity index (χ1v) is 28.1. The summed E-state index contributed by atoms with van der Waals surface area (Å²) in [6.45, 7) is 3.61. The number of phosphoric acid groups is 1. The molecule has 0 aromatic rings. The lowest BCUT2D eigenvalue weighted by atomic mass is 10.0. The van der Waals surface area contributed by atoms with E-state index in [9.17, 15) is 19.0 Å². The van der Waals surface area contributed by atoms with Crippen molar-refractivity contribution < 1.29 is 37.6 Å². The number of carbonyl (C=O) groups is 2. The number of phosphoric ester groups is 1. The van der Waals surface area contributed by atoms with Crippen LogP contribution in [0.25, 0.3) is 0 Å². The van der Waals surface area contributed by atoms with E-state index in [-0.39, 0.29) is 38.6 Å². The molecule has 2 unspecified atom stereocenters. The second-order valence-electron chi connectivity index (χ2n) is 17.4. The summed E-state index contributed by atoms with van der Waals surface area (Å²) in [4.78, 5) is 34.9. The third kappa shape index (κ3) is 50.6. The molecule has 0 spiro atoms. The quantitative estimate of drug-likeness (QED) is 0.0265. The molecule has 9 nitrogen and oxygen atoms in total. The van der Waals surface area contributed by atoms with Crippen LogP contribution in [-0.2, 0) is 32.7 Å². The van der Waals surface area contributed by atoms with E-state index in [0.717, 1.165) is 83.5 Å². The summed E-state index contributed by atoms with van der Waals surface area (Å²) in [6, 6.07) is 0. The Bertz CT molecular complexity index is 1350. The number of nitrogens with two attached hydrogens (primary N) is 1. The summed E-state index contributed by atoms with van der Waals surface area (Å²) in [5.74, 6) is -0.830. The smallest absolute Gasteiger partial charge is 0.462 e. The summed E-state index contributed by atoms with van der Waals surface area (Å²) >= 11 is 0. The van der Waals surface area contributed by atoms with E-state index >= 15 is 0 Å². The van der Waals surface area contributed by atoms with Crippen molar-refractivity contribution >= 4 is 19.8 Å². The Morgan fingerprint density at radius 2 is 0.833 bits per heavy atom. The monoisotopic (exact) mass is 944 g/mol. The Morgan fingerprint density at radius 1 is 0.470 bits per heavy atom. The number of unbranched alkanes of at least 4 members (excludes halogenated alkanes) is 22. The maximum Gasteiger partial charge on any atom is 0.472 e. The largest absolute Gasteiger partial charge is 0.472 e. The summed E-state index contributed by atoms with van der Waals surface area (Å²) in [5, 5.41) is 0. The van der Waals surface area contributed by atoms with Crippen molar-refractivity contribution in [2.45, 2.75) is 232 Å². The highest BCUT2D eigenvalue weighted by atomic mass is 31.2. The van der Waals surface area contributed by atoms with Crippen molar-refractivity contribution in [3.63, 3.8) is 0 Å². The van der Waals surface area contributed by atoms with Gasteiger partial charge in [0.15, 0.2) is 6.10 Å². The molecule has 0 aliphatic rings. The van der Waals surface area contributed by atoms with Gasteiger partial charge >= 0.3 is 19.8 Å². The van der Waals surface area contributed by atoms with Crippen LogP contribution >= 0.6 is 7.82 Å². The number of rotatable bonds is 49. The number of esters is 2. The molecule has 0 aromatic heterocycles. The van der Waals surface area contributed by atoms with E-state index < -0.39 is 26.5 Å². The molecule has 2 atom stereocenters. The molecule has 0 heterocycles. The molecular weight excluding hydrogens is 846 g/mol. The van der Waals surface area contributed by atoms with Gasteiger partial charge in [-0.2, -0.15) is 0 Å². The predicted molar refractivity (Wildman–Crippen MR) is 279 cm³/mol. The summed E-state index contributed by atoms with van der Waals surface area (Å²) < 4.78 is 32.8. The van der Waals surface area contributed by atoms with Crippen LogP contribution in [0.3, 0.4) is 0 Å². The maximum absolute atomic E-state index is 12.6. The van der Waals surface area contributed by atoms with Crippen LogP contribution in [0, 0.1) is 0 Å². The first-order chi connectivity index (χ1) is 32.3. The number of hydrogen-bond donors (Lipinski definition) is 2. The average Bonchev–Trinajstić information content (AvgIpc) is 3.31. The van der Waals surface area contributed by atoms with Gasteiger partial charge in [0.05, 0.1) is 13.2 Å². The Morgan fingerprint density at radius 3 is 1.24 bits per heavy atom. The van der Waals surface area contributed by atoms with Crippen LogP contribution in [0.1, 0.15) is 226 Å². The Balaban J connectivity index is 3.90. The Hall–Kier alpha value is -2.81. The van der Waals surface area contributed by atoms with Crippen LogP contribution < -0.4 is 5.73 Å². The Labute approximate surface area is 404 Å². The normalized spacial score (nSPS) is 13.8. The molecule has 10 heteroatoms. The number of allylic oxidation sites excluding steroid dienone is 14. The molecule has 0 aliphatic heterocycles. The molecular formula is C56H98NO8P. The van der Waals surface area contributed by atoms with E-state index in [1.807, 2.05) is 0 Å². The van der Waals surface area contributed by atoms with E-state index in [1.165, 1.54) is 109 Å². The second-order valence-corrected chi connectivity index (χ2v) is 18.8. The van der Waals surface area contributed by atoms with Crippen molar-refractivity contribution in [1.29, 1.82) is 0 Å². The van der Waals surface area contributed by atoms with Crippen LogP contribution in [0.2, 0.25) is 0 Å². The van der Waals surface area contributed by atoms with Crippen LogP contribution in [0.4, 0.5) is 0 Å². The second kappa shape index (κ2) is 51.6. The fourth-order valence-corrected chi connectivity index (χ4v) is 7.91. The van der Waals surface area contributed by atoms with E-state index in [4.69, 9.17) is 24.3 Å². The number of hydrogen-bond acceptors (Lipinski definition) is 8. The van der Waals surface area contributed by atoms with E-state index in [1.54, 1.807) is 0 Å². The van der Waals surface area contributed by atoms with Gasteiger partial charge in [0, 0.05) is 19.4 Å². The van der Waals surface area contributed by atoms with Gasteiger partial charge in [-0.25, -0.2) is 4.57 Å². The summed E-state index contributed by atoms with van der Waals surface area (Å²) in [5.41, 5.74) is 5.36. The minimum absolute atomic E-state index is 0.0517. The fraction of sp³-hybridized carbons (Fsp3) is 0.714. The van der Waals surface area contributed by atoms with Crippen molar-refractivity contribution in [3.05, 3.63) is 85.1 Å². The summed E-state index contributed by atoms with van der Waals surface area (Å²) in [6.07, 6.45) is 66.5. The van der Waals surface area contributed by atoms with Crippen LogP contribution in [0.5, 0.6) is 0 Å². The standard InChI is InChI=1S/C56H98NO8P/c1-3-5-7-9-11-13-15-16-17-18-19-20-21-22-23-24-25-26-27-28-29-30-31-32-33-34-35-36-37-38-39-41-43-45-47-49-56(59)65-54(53-64-66(60,61)63-51-50-57)52-62-55(58)48-46-44-42-40-14-12-10-8-6-4-2/h5,7,11,13,16-17,19-20,22-23,25-26,28-29,54H,3-4,6,8-10,12,14-15,18,21,24,27,30-53,57H2,1-2H3,(H,60,61)/b7-5-,13-11-,17-16-,20-19-,23-22-,26-25-,29-28-. The third-order valence-electron chi connectivity index (χ3n) is 11.0. The topological polar surface area (TPSA) is 134 Å². The highest BCUT2D eigenvalue weighted by Crippen LogP contribution is 2.43. The van der Waals surface area contributed by atoms with E-state index in [0.29, 0.717) is 6.42 Å². The zero-order valence-corrected chi connectivity index (χ0v) is 43.0. The van der Waals surface area contributed by atoms with Gasteiger partial charge in [-0.3, -0.25) is 18.6 Å². The van der Waals surface area contributed by atoms with Crippen LogP contribution in [-0.4, -0.2) is 49.3 Å². The molecule has 0 aromatic carbocycles. The SMILES string of the molecule is CC/C=C\C/C=C\C/C=C\C/C=C\C/C=C\C/C=C\C/C=C\CCCCCCCCCCCCCCCC(=O)OC(COC(=O)CCCCCCCCCCCC)COP(=O)(O)OCCN. The first-order valence-electron chi connectivity index (χ1n) is 26.6. The molecule has 380 valence electrons. The van der Waals surface area contributed by atoms with Crippen LogP contribution in [0.15, 0.2) is 85.1 Å².